The summed E-state index contributed by atoms with van der Waals surface area (Å²) in [6, 6.07) is 27.2. The molecular formula is C28H23N3O4. The molecule has 5 rings (SSSR count). The summed E-state index contributed by atoms with van der Waals surface area (Å²) >= 11 is 0. The van der Waals surface area contributed by atoms with Gasteiger partial charge >= 0.3 is 5.97 Å². The number of aromatic nitrogens is 3. The first-order valence-electron chi connectivity index (χ1n) is 11.3. The second-order valence-electron chi connectivity index (χ2n) is 8.19. The third-order valence-electron chi connectivity index (χ3n) is 5.89. The van der Waals surface area contributed by atoms with Crippen molar-refractivity contribution in [2.45, 2.75) is 19.4 Å². The molecule has 2 N–H and O–H groups in total. The van der Waals surface area contributed by atoms with E-state index in [-0.39, 0.29) is 16.8 Å². The summed E-state index contributed by atoms with van der Waals surface area (Å²) in [7, 11) is 0. The summed E-state index contributed by atoms with van der Waals surface area (Å²) in [5.41, 5.74) is 3.83. The predicted molar refractivity (Wildman–Crippen MR) is 133 cm³/mol. The fourth-order valence-corrected chi connectivity index (χ4v) is 4.06. The van der Waals surface area contributed by atoms with Gasteiger partial charge in [-0.2, -0.15) is 9.61 Å². The maximum absolute atomic E-state index is 13.4. The number of hydrogen-bond donors (Lipinski definition) is 2. The molecule has 0 fully saturated rings. The molecule has 0 saturated heterocycles. The Morgan fingerprint density at radius 2 is 1.54 bits per heavy atom. The van der Waals surface area contributed by atoms with Gasteiger partial charge in [0.1, 0.15) is 17.9 Å². The Balaban J connectivity index is 1.50. The van der Waals surface area contributed by atoms with Crippen LogP contribution in [0.15, 0.2) is 95.9 Å². The van der Waals surface area contributed by atoms with Crippen LogP contribution < -0.4 is 10.3 Å². The molecule has 0 aliphatic heterocycles. The van der Waals surface area contributed by atoms with Crippen molar-refractivity contribution < 1.29 is 14.6 Å². The van der Waals surface area contributed by atoms with Gasteiger partial charge in [-0.3, -0.25) is 4.79 Å². The minimum atomic E-state index is -1.15. The number of carboxylic acids is 1. The standard InChI is InChI=1S/C28H23N3O4/c32-27-23(16-11-19-7-3-1-4-8-19)25(30-26-24(28(33)34)17-29-31(26)27)21-12-14-22(15-13-21)35-18-20-9-5-2-6-10-20/h1-10,12-15,17,30H,11,16,18H2,(H,33,34). The Kier molecular flexibility index (Phi) is 6.13. The number of benzene rings is 3. The van der Waals surface area contributed by atoms with E-state index < -0.39 is 5.97 Å². The molecule has 0 aliphatic rings. The number of fused-ring (bicyclic) bond motifs is 1. The Labute approximate surface area is 201 Å². The SMILES string of the molecule is O=C(O)c1cnn2c(=O)c(CCc3ccccc3)c(-c3ccc(OCc4ccccc4)cc3)[nH]c12. The Morgan fingerprint density at radius 3 is 2.20 bits per heavy atom. The van der Waals surface area contributed by atoms with E-state index in [9.17, 15) is 14.7 Å². The first-order chi connectivity index (χ1) is 17.1. The molecule has 0 atom stereocenters. The number of nitrogens with one attached hydrogen (secondary N) is 1. The largest absolute Gasteiger partial charge is 0.489 e. The monoisotopic (exact) mass is 465 g/mol. The number of aromatic amines is 1. The molecule has 35 heavy (non-hydrogen) atoms. The average molecular weight is 466 g/mol. The molecule has 0 radical (unpaired) electrons. The molecule has 0 saturated carbocycles. The zero-order valence-corrected chi connectivity index (χ0v) is 18.8. The fourth-order valence-electron chi connectivity index (χ4n) is 4.06. The quantitative estimate of drug-likeness (QED) is 0.345. The van der Waals surface area contributed by atoms with Crippen LogP contribution in [0.4, 0.5) is 0 Å². The van der Waals surface area contributed by atoms with Gasteiger partial charge in [0.25, 0.3) is 5.56 Å². The second-order valence-corrected chi connectivity index (χ2v) is 8.19. The Bertz CT molecular complexity index is 1520. The number of hydrogen-bond acceptors (Lipinski definition) is 4. The van der Waals surface area contributed by atoms with E-state index in [1.807, 2.05) is 84.9 Å². The van der Waals surface area contributed by atoms with E-state index in [0.717, 1.165) is 21.2 Å². The highest BCUT2D eigenvalue weighted by Gasteiger charge is 2.19. The zero-order chi connectivity index (χ0) is 24.2. The van der Waals surface area contributed by atoms with E-state index in [1.54, 1.807) is 0 Å². The number of carboxylic acid groups (broad SMARTS) is 1. The summed E-state index contributed by atoms with van der Waals surface area (Å²) in [6.07, 6.45) is 2.33. The minimum absolute atomic E-state index is 0.0548. The highest BCUT2D eigenvalue weighted by Crippen LogP contribution is 2.25. The molecule has 0 bridgehead atoms. The normalized spacial score (nSPS) is 11.0. The van der Waals surface area contributed by atoms with Crippen molar-refractivity contribution in [2.75, 3.05) is 0 Å². The van der Waals surface area contributed by atoms with Crippen molar-refractivity contribution in [1.29, 1.82) is 0 Å². The summed E-state index contributed by atoms with van der Waals surface area (Å²) in [4.78, 5) is 28.2. The van der Waals surface area contributed by atoms with Gasteiger partial charge in [0.05, 0.1) is 11.9 Å². The first-order valence-corrected chi connectivity index (χ1v) is 11.3. The summed E-state index contributed by atoms with van der Waals surface area (Å²) in [6.45, 7) is 0.448. The van der Waals surface area contributed by atoms with Crippen LogP contribution in [0.25, 0.3) is 16.9 Å². The van der Waals surface area contributed by atoms with E-state index >= 15 is 0 Å². The van der Waals surface area contributed by atoms with Gasteiger partial charge in [0.15, 0.2) is 5.65 Å². The van der Waals surface area contributed by atoms with Crippen molar-refractivity contribution >= 4 is 11.6 Å². The molecule has 7 nitrogen and oxygen atoms in total. The van der Waals surface area contributed by atoms with Crippen LogP contribution in [0, 0.1) is 0 Å². The zero-order valence-electron chi connectivity index (χ0n) is 18.8. The maximum atomic E-state index is 13.4. The summed E-state index contributed by atoms with van der Waals surface area (Å²) in [5, 5.41) is 13.6. The molecule has 0 amide bonds. The highest BCUT2D eigenvalue weighted by atomic mass is 16.5. The van der Waals surface area contributed by atoms with Gasteiger partial charge in [0.2, 0.25) is 0 Å². The van der Waals surface area contributed by atoms with Gasteiger partial charge in [-0.25, -0.2) is 4.79 Å². The number of nitrogens with zero attached hydrogens (tertiary/aromatic N) is 2. The molecule has 5 aromatic rings. The van der Waals surface area contributed by atoms with E-state index in [2.05, 4.69) is 10.1 Å². The van der Waals surface area contributed by atoms with Crippen molar-refractivity contribution in [1.82, 2.24) is 14.6 Å². The molecule has 3 aromatic carbocycles. The lowest BCUT2D eigenvalue weighted by Crippen LogP contribution is -2.22. The number of ether oxygens (including phenoxy) is 1. The molecule has 0 aliphatic carbocycles. The van der Waals surface area contributed by atoms with Crippen LogP contribution in [0.3, 0.4) is 0 Å². The number of rotatable bonds is 8. The van der Waals surface area contributed by atoms with Crippen molar-refractivity contribution in [3.05, 3.63) is 124 Å². The van der Waals surface area contributed by atoms with Crippen LogP contribution in [0.1, 0.15) is 27.0 Å². The van der Waals surface area contributed by atoms with Gasteiger partial charge in [-0.05, 0) is 53.8 Å². The molecule has 2 aromatic heterocycles. The molecule has 0 unspecified atom stereocenters. The first kappa shape index (κ1) is 22.2. The minimum Gasteiger partial charge on any atom is -0.489 e. The number of H-pyrrole nitrogens is 1. The Morgan fingerprint density at radius 1 is 0.886 bits per heavy atom. The molecule has 2 heterocycles. The van der Waals surface area contributed by atoms with E-state index in [1.165, 1.54) is 6.20 Å². The smallest absolute Gasteiger partial charge is 0.341 e. The van der Waals surface area contributed by atoms with Gasteiger partial charge < -0.3 is 14.8 Å². The maximum Gasteiger partial charge on any atom is 0.341 e. The van der Waals surface area contributed by atoms with Crippen molar-refractivity contribution in [3.8, 4) is 17.0 Å². The lowest BCUT2D eigenvalue weighted by Gasteiger charge is -2.12. The molecule has 0 spiro atoms. The molecular weight excluding hydrogens is 442 g/mol. The predicted octanol–water partition coefficient (Wildman–Crippen LogP) is 4.75. The van der Waals surface area contributed by atoms with Crippen LogP contribution in [-0.4, -0.2) is 25.7 Å². The number of carbonyl (C=O) groups is 1. The topological polar surface area (TPSA) is 96.7 Å². The number of aryl methyl sites for hydroxylation is 1. The van der Waals surface area contributed by atoms with E-state index in [0.29, 0.717) is 36.5 Å². The Hall–Kier alpha value is -4.65. The van der Waals surface area contributed by atoms with Crippen molar-refractivity contribution in [2.24, 2.45) is 0 Å². The van der Waals surface area contributed by atoms with Crippen LogP contribution in [0.2, 0.25) is 0 Å². The lowest BCUT2D eigenvalue weighted by molar-refractivity contribution is 0.0698. The third kappa shape index (κ3) is 4.70. The van der Waals surface area contributed by atoms with Crippen LogP contribution in [0.5, 0.6) is 5.75 Å². The lowest BCUT2D eigenvalue weighted by atomic mass is 10.00. The summed E-state index contributed by atoms with van der Waals surface area (Å²) in [5.74, 6) is -0.453. The third-order valence-corrected chi connectivity index (χ3v) is 5.89. The van der Waals surface area contributed by atoms with Crippen molar-refractivity contribution in [3.63, 3.8) is 0 Å². The van der Waals surface area contributed by atoms with Gasteiger partial charge in [-0.1, -0.05) is 60.7 Å². The summed E-state index contributed by atoms with van der Waals surface area (Å²) < 4.78 is 7.02. The molecule has 7 heteroatoms. The highest BCUT2D eigenvalue weighted by molar-refractivity contribution is 5.94. The molecule has 174 valence electrons. The number of aromatic carboxylic acids is 1. The van der Waals surface area contributed by atoms with E-state index in [4.69, 9.17) is 4.74 Å². The van der Waals surface area contributed by atoms with Crippen LogP contribution in [-0.2, 0) is 19.4 Å². The average Bonchev–Trinajstić information content (AvgIpc) is 3.33. The second kappa shape index (κ2) is 9.69. The van der Waals surface area contributed by atoms with Crippen LogP contribution >= 0.6 is 0 Å². The van der Waals surface area contributed by atoms with Gasteiger partial charge in [-0.15, -0.1) is 0 Å². The van der Waals surface area contributed by atoms with Gasteiger partial charge in [0, 0.05) is 5.56 Å². The fraction of sp³-hybridized carbons (Fsp3) is 0.107.